The summed E-state index contributed by atoms with van der Waals surface area (Å²) in [7, 11) is 0. The van der Waals surface area contributed by atoms with Crippen molar-refractivity contribution in [1.82, 2.24) is 5.43 Å². The molecule has 4 rings (SSSR count). The molecule has 0 radical (unpaired) electrons. The molecule has 1 aliphatic rings. The third-order valence-corrected chi connectivity index (χ3v) is 7.46. The van der Waals surface area contributed by atoms with Gasteiger partial charge in [-0.1, -0.05) is 23.7 Å². The molecule has 1 aromatic heterocycles. The second-order valence-corrected chi connectivity index (χ2v) is 10.2. The Kier molecular flexibility index (Phi) is 9.15. The Hall–Kier alpha value is -3.69. The van der Waals surface area contributed by atoms with Gasteiger partial charge in [-0.3, -0.25) is 9.59 Å². The largest absolute Gasteiger partial charge is 0.489 e. The van der Waals surface area contributed by atoms with Crippen molar-refractivity contribution in [1.29, 1.82) is 0 Å². The number of nitrogens with one attached hydrogen (secondary N) is 2. The van der Waals surface area contributed by atoms with Crippen molar-refractivity contribution in [3.8, 4) is 5.75 Å². The van der Waals surface area contributed by atoms with E-state index >= 15 is 0 Å². The highest BCUT2D eigenvalue weighted by atomic mass is 35.5. The quantitative estimate of drug-likeness (QED) is 0.165. The van der Waals surface area contributed by atoms with Gasteiger partial charge in [0, 0.05) is 9.90 Å². The summed E-state index contributed by atoms with van der Waals surface area (Å²) in [4.78, 5) is 38.7. The van der Waals surface area contributed by atoms with Gasteiger partial charge in [-0.25, -0.2) is 10.2 Å². The number of carbonyl (C=O) groups excluding carboxylic acids is 3. The predicted octanol–water partition coefficient (Wildman–Crippen LogP) is 5.51. The first-order valence-electron chi connectivity index (χ1n) is 12.3. The second kappa shape index (κ2) is 12.7. The van der Waals surface area contributed by atoms with Gasteiger partial charge in [0.1, 0.15) is 17.4 Å². The molecule has 2 amide bonds. The van der Waals surface area contributed by atoms with E-state index in [-0.39, 0.29) is 6.61 Å². The van der Waals surface area contributed by atoms with Gasteiger partial charge in [-0.15, -0.1) is 11.3 Å². The number of aryl methyl sites for hydroxylation is 1. The van der Waals surface area contributed by atoms with Crippen LogP contribution in [-0.4, -0.2) is 30.1 Å². The number of thiophene rings is 1. The summed E-state index contributed by atoms with van der Waals surface area (Å²) in [5.74, 6) is -1.65. The molecule has 0 fully saturated rings. The van der Waals surface area contributed by atoms with Crippen LogP contribution in [0.5, 0.6) is 5.75 Å². The third kappa shape index (κ3) is 6.79. The van der Waals surface area contributed by atoms with E-state index in [4.69, 9.17) is 21.1 Å². The molecule has 0 saturated carbocycles. The molecule has 1 heterocycles. The highest BCUT2D eigenvalue weighted by molar-refractivity contribution is 7.17. The molecule has 2 N–H and O–H groups in total. The zero-order chi connectivity index (χ0) is 27.1. The first-order valence-corrected chi connectivity index (χ1v) is 13.5. The fourth-order valence-corrected chi connectivity index (χ4v) is 5.42. The Balaban J connectivity index is 1.35. The Morgan fingerprint density at radius 3 is 2.42 bits per heavy atom. The lowest BCUT2D eigenvalue weighted by Crippen LogP contribution is -2.33. The first kappa shape index (κ1) is 27.3. The molecule has 0 atom stereocenters. The van der Waals surface area contributed by atoms with Crippen LogP contribution in [-0.2, 0) is 33.8 Å². The minimum atomic E-state index is -0.937. The molecule has 0 saturated heterocycles. The van der Waals surface area contributed by atoms with Gasteiger partial charge >= 0.3 is 17.8 Å². The molecule has 38 heavy (non-hydrogen) atoms. The van der Waals surface area contributed by atoms with E-state index in [1.54, 1.807) is 26.0 Å². The van der Waals surface area contributed by atoms with E-state index in [0.717, 1.165) is 47.3 Å². The highest BCUT2D eigenvalue weighted by Crippen LogP contribution is 2.38. The smallest absolute Gasteiger partial charge is 0.341 e. The molecule has 10 heteroatoms. The molecule has 1 aliphatic carbocycles. The number of fused-ring (bicyclic) bond motifs is 1. The summed E-state index contributed by atoms with van der Waals surface area (Å²) in [6, 6.07) is 14.6. The number of hydrogen-bond acceptors (Lipinski definition) is 7. The fraction of sp³-hybridized carbons (Fsp3) is 0.286. The maximum atomic E-state index is 12.6. The van der Waals surface area contributed by atoms with E-state index in [2.05, 4.69) is 15.8 Å². The number of esters is 1. The van der Waals surface area contributed by atoms with Gasteiger partial charge in [0.2, 0.25) is 0 Å². The lowest BCUT2D eigenvalue weighted by molar-refractivity contribution is -0.136. The van der Waals surface area contributed by atoms with Crippen molar-refractivity contribution in [2.24, 2.45) is 5.10 Å². The molecule has 2 aromatic carbocycles. The predicted molar refractivity (Wildman–Crippen MR) is 148 cm³/mol. The second-order valence-electron chi connectivity index (χ2n) is 8.67. The lowest BCUT2D eigenvalue weighted by Gasteiger charge is -2.12. The third-order valence-electron chi connectivity index (χ3n) is 6.00. The summed E-state index contributed by atoms with van der Waals surface area (Å²) in [6.07, 6.45) is 3.57. The van der Waals surface area contributed by atoms with Crippen LogP contribution in [0.15, 0.2) is 53.6 Å². The van der Waals surface area contributed by atoms with Crippen molar-refractivity contribution in [3.63, 3.8) is 0 Å². The van der Waals surface area contributed by atoms with Gasteiger partial charge in [-0.2, -0.15) is 5.10 Å². The number of halogens is 1. The minimum absolute atomic E-state index is 0.223. The number of amides is 2. The normalized spacial score (nSPS) is 12.9. The van der Waals surface area contributed by atoms with E-state index in [1.807, 2.05) is 36.4 Å². The molecule has 0 unspecified atom stereocenters. The van der Waals surface area contributed by atoms with Gasteiger partial charge in [0.05, 0.1) is 17.9 Å². The van der Waals surface area contributed by atoms with Crippen molar-refractivity contribution >= 4 is 51.4 Å². The highest BCUT2D eigenvalue weighted by Gasteiger charge is 2.28. The topological polar surface area (TPSA) is 106 Å². The minimum Gasteiger partial charge on any atom is -0.489 e. The molecule has 0 bridgehead atoms. The van der Waals surface area contributed by atoms with E-state index in [1.165, 1.54) is 11.3 Å². The van der Waals surface area contributed by atoms with Crippen molar-refractivity contribution < 1.29 is 23.9 Å². The number of hydrogen-bond donors (Lipinski definition) is 2. The fourth-order valence-electron chi connectivity index (χ4n) is 4.02. The number of anilines is 1. The number of hydrazone groups is 1. The van der Waals surface area contributed by atoms with Crippen LogP contribution in [0.25, 0.3) is 0 Å². The number of benzene rings is 2. The SMILES string of the molecule is CCOC(=O)c1c(NC(=O)C(=O)N/N=C(\C)c2ccc(OCc3ccc(Cl)cc3)cc2)sc2c1CCCC2. The molecule has 0 spiro atoms. The van der Waals surface area contributed by atoms with Crippen LogP contribution in [0.3, 0.4) is 0 Å². The van der Waals surface area contributed by atoms with Crippen LogP contribution in [0.1, 0.15) is 58.6 Å². The number of rotatable bonds is 8. The van der Waals surface area contributed by atoms with Gasteiger partial charge in [-0.05, 0) is 92.6 Å². The van der Waals surface area contributed by atoms with Crippen LogP contribution in [0, 0.1) is 0 Å². The van der Waals surface area contributed by atoms with Crippen LogP contribution >= 0.6 is 22.9 Å². The van der Waals surface area contributed by atoms with Crippen LogP contribution in [0.2, 0.25) is 5.02 Å². The van der Waals surface area contributed by atoms with Crippen LogP contribution in [0.4, 0.5) is 5.00 Å². The molecular weight excluding hydrogens is 526 g/mol. The van der Waals surface area contributed by atoms with Crippen LogP contribution < -0.4 is 15.5 Å². The summed E-state index contributed by atoms with van der Waals surface area (Å²) >= 11 is 7.23. The average Bonchev–Trinajstić information content (AvgIpc) is 3.29. The molecule has 0 aliphatic heterocycles. The maximum Gasteiger partial charge on any atom is 0.341 e. The van der Waals surface area contributed by atoms with Gasteiger partial charge < -0.3 is 14.8 Å². The molecule has 3 aromatic rings. The summed E-state index contributed by atoms with van der Waals surface area (Å²) < 4.78 is 11.0. The summed E-state index contributed by atoms with van der Waals surface area (Å²) in [5, 5.41) is 7.65. The van der Waals surface area contributed by atoms with Gasteiger partial charge in [0.15, 0.2) is 0 Å². The zero-order valence-corrected chi connectivity index (χ0v) is 22.7. The summed E-state index contributed by atoms with van der Waals surface area (Å²) in [5.41, 5.74) is 5.80. The Morgan fingerprint density at radius 2 is 1.71 bits per heavy atom. The number of carbonyl (C=O) groups is 3. The monoisotopic (exact) mass is 553 g/mol. The van der Waals surface area contributed by atoms with E-state index < -0.39 is 17.8 Å². The standard InChI is InChI=1S/C28H28ClN3O5S/c1-3-36-28(35)24-22-6-4-5-7-23(22)38-27(24)30-25(33)26(34)32-31-17(2)19-10-14-21(15-11-19)37-16-18-8-12-20(29)13-9-18/h8-15H,3-7,16H2,1-2H3,(H,30,33)(H,32,34)/b31-17+. The Labute approximate surface area is 230 Å². The lowest BCUT2D eigenvalue weighted by atomic mass is 9.95. The number of ether oxygens (including phenoxy) is 2. The van der Waals surface area contributed by atoms with Crippen molar-refractivity contribution in [2.75, 3.05) is 11.9 Å². The van der Waals surface area contributed by atoms with E-state index in [9.17, 15) is 14.4 Å². The molecule has 8 nitrogen and oxygen atoms in total. The van der Waals surface area contributed by atoms with Gasteiger partial charge in [0.25, 0.3) is 0 Å². The van der Waals surface area contributed by atoms with Crippen molar-refractivity contribution in [2.45, 2.75) is 46.1 Å². The summed E-state index contributed by atoms with van der Waals surface area (Å²) in [6.45, 7) is 4.07. The Morgan fingerprint density at radius 1 is 1.00 bits per heavy atom. The maximum absolute atomic E-state index is 12.6. The van der Waals surface area contributed by atoms with Crippen molar-refractivity contribution in [3.05, 3.63) is 80.7 Å². The molecular formula is C28H28ClN3O5S. The average molecular weight is 554 g/mol. The number of nitrogens with zero attached hydrogens (tertiary/aromatic N) is 1. The van der Waals surface area contributed by atoms with E-state index in [0.29, 0.717) is 33.7 Å². The Bertz CT molecular complexity index is 1350. The molecule has 198 valence electrons. The zero-order valence-electron chi connectivity index (χ0n) is 21.1. The first-order chi connectivity index (χ1) is 18.4.